The van der Waals surface area contributed by atoms with E-state index in [1.165, 1.54) is 0 Å². The van der Waals surface area contributed by atoms with E-state index in [-0.39, 0.29) is 18.4 Å². The first-order valence-corrected chi connectivity index (χ1v) is 8.02. The van der Waals surface area contributed by atoms with Gasteiger partial charge in [0.25, 0.3) is 0 Å². The van der Waals surface area contributed by atoms with Gasteiger partial charge >= 0.3 is 5.97 Å². The van der Waals surface area contributed by atoms with Gasteiger partial charge in [-0.25, -0.2) is 4.79 Å². The molecule has 3 atom stereocenters. The first-order valence-electron chi connectivity index (χ1n) is 8.02. The molecule has 1 aliphatic carbocycles. The Bertz CT molecular complexity index is 378. The van der Waals surface area contributed by atoms with E-state index in [0.717, 1.165) is 38.8 Å². The molecule has 2 fully saturated rings. The largest absolute Gasteiger partial charge is 0.479 e. The Hall–Kier alpha value is -0.910. The van der Waals surface area contributed by atoms with Crippen LogP contribution in [-0.2, 0) is 9.53 Å². The Kier molecular flexibility index (Phi) is 5.79. The number of hydrogen-bond donors (Lipinski definition) is 2. The third-order valence-corrected chi connectivity index (χ3v) is 4.81. The van der Waals surface area contributed by atoms with E-state index in [1.807, 2.05) is 19.1 Å². The molecular formula is C16H27NO4. The second-order valence-electron chi connectivity index (χ2n) is 6.07. The fraction of sp³-hybridized carbons (Fsp3) is 0.812. The molecule has 0 aromatic carbocycles. The summed E-state index contributed by atoms with van der Waals surface area (Å²) in [7, 11) is 0. The van der Waals surface area contributed by atoms with Crippen LogP contribution in [0.3, 0.4) is 0 Å². The highest BCUT2D eigenvalue weighted by Gasteiger charge is 2.50. The van der Waals surface area contributed by atoms with E-state index in [4.69, 9.17) is 4.74 Å². The van der Waals surface area contributed by atoms with Crippen LogP contribution in [0.4, 0.5) is 0 Å². The molecule has 0 aromatic heterocycles. The van der Waals surface area contributed by atoms with Crippen molar-refractivity contribution in [1.82, 2.24) is 4.90 Å². The number of aliphatic hydroxyl groups is 1. The number of nitrogens with zero attached hydrogens (tertiary/aromatic N) is 1. The number of allylic oxidation sites excluding steroid dienone is 1. The summed E-state index contributed by atoms with van der Waals surface area (Å²) in [6.45, 7) is 5.07. The van der Waals surface area contributed by atoms with Gasteiger partial charge in [-0.3, -0.25) is 4.90 Å². The molecule has 0 aromatic rings. The van der Waals surface area contributed by atoms with Crippen LogP contribution in [0, 0.1) is 5.92 Å². The van der Waals surface area contributed by atoms with E-state index in [2.05, 4.69) is 4.90 Å². The normalized spacial score (nSPS) is 30.6. The van der Waals surface area contributed by atoms with E-state index in [9.17, 15) is 15.0 Å². The third-order valence-electron chi connectivity index (χ3n) is 4.81. The summed E-state index contributed by atoms with van der Waals surface area (Å²) in [6.07, 6.45) is 7.52. The highest BCUT2D eigenvalue weighted by molar-refractivity contribution is 5.78. The fourth-order valence-corrected chi connectivity index (χ4v) is 3.67. The Morgan fingerprint density at radius 3 is 2.67 bits per heavy atom. The molecule has 21 heavy (non-hydrogen) atoms. The van der Waals surface area contributed by atoms with Gasteiger partial charge < -0.3 is 14.9 Å². The monoisotopic (exact) mass is 297 g/mol. The maximum atomic E-state index is 11.7. The van der Waals surface area contributed by atoms with Gasteiger partial charge in [0, 0.05) is 31.5 Å². The minimum atomic E-state index is -1.65. The Balaban J connectivity index is 2.13. The van der Waals surface area contributed by atoms with E-state index in [1.54, 1.807) is 0 Å². The highest BCUT2D eigenvalue weighted by atomic mass is 16.5. The molecule has 1 heterocycles. The standard InChI is InChI=1S/C16H27NO4/c1-2-3-4-8-16(20,15(18)19)13-6-5-7-14(13)17-9-11-21-12-10-17/h3-4,13-14,20H,2,5-12H2,1H3,(H,18,19). The van der Waals surface area contributed by atoms with Crippen LogP contribution >= 0.6 is 0 Å². The van der Waals surface area contributed by atoms with Gasteiger partial charge in [0.15, 0.2) is 5.60 Å². The van der Waals surface area contributed by atoms with Gasteiger partial charge in [-0.1, -0.05) is 25.5 Å². The number of carboxylic acid groups (broad SMARTS) is 1. The first-order chi connectivity index (χ1) is 10.1. The van der Waals surface area contributed by atoms with Gasteiger partial charge in [0.05, 0.1) is 13.2 Å². The third kappa shape index (κ3) is 3.65. The van der Waals surface area contributed by atoms with Crippen LogP contribution in [0.2, 0.25) is 0 Å². The van der Waals surface area contributed by atoms with Crippen LogP contribution in [0.15, 0.2) is 12.2 Å². The number of aliphatic carboxylic acids is 1. The molecule has 0 bridgehead atoms. The van der Waals surface area contributed by atoms with E-state index >= 15 is 0 Å². The lowest BCUT2D eigenvalue weighted by Crippen LogP contribution is -2.54. The van der Waals surface area contributed by atoms with Crippen LogP contribution in [0.5, 0.6) is 0 Å². The molecule has 1 saturated carbocycles. The predicted molar refractivity (Wildman–Crippen MR) is 80.2 cm³/mol. The molecule has 0 radical (unpaired) electrons. The van der Waals surface area contributed by atoms with Gasteiger partial charge in [-0.2, -0.15) is 0 Å². The second-order valence-corrected chi connectivity index (χ2v) is 6.07. The Morgan fingerprint density at radius 2 is 2.05 bits per heavy atom. The molecule has 0 spiro atoms. The summed E-state index contributed by atoms with van der Waals surface area (Å²) < 4.78 is 5.38. The van der Waals surface area contributed by atoms with Crippen LogP contribution in [0.1, 0.15) is 39.0 Å². The van der Waals surface area contributed by atoms with Crippen molar-refractivity contribution >= 4 is 5.97 Å². The van der Waals surface area contributed by atoms with Gasteiger partial charge in [-0.15, -0.1) is 0 Å². The van der Waals surface area contributed by atoms with Gasteiger partial charge in [-0.05, 0) is 19.3 Å². The maximum absolute atomic E-state index is 11.7. The zero-order valence-corrected chi connectivity index (χ0v) is 12.8. The first kappa shape index (κ1) is 16.5. The number of rotatable bonds is 6. The molecule has 3 unspecified atom stereocenters. The minimum Gasteiger partial charge on any atom is -0.479 e. The molecule has 5 nitrogen and oxygen atoms in total. The SMILES string of the molecule is CCC=CCC(O)(C(=O)O)C1CCCC1N1CCOCC1. The van der Waals surface area contributed by atoms with Crippen LogP contribution < -0.4 is 0 Å². The molecule has 1 saturated heterocycles. The average molecular weight is 297 g/mol. The zero-order chi connectivity index (χ0) is 15.3. The number of carboxylic acids is 1. The lowest BCUT2D eigenvalue weighted by atomic mass is 9.80. The zero-order valence-electron chi connectivity index (χ0n) is 12.8. The van der Waals surface area contributed by atoms with Gasteiger partial charge in [0.1, 0.15) is 0 Å². The minimum absolute atomic E-state index is 0.157. The summed E-state index contributed by atoms with van der Waals surface area (Å²) >= 11 is 0. The summed E-state index contributed by atoms with van der Waals surface area (Å²) in [6, 6.07) is 0.157. The van der Waals surface area contributed by atoms with Crippen molar-refractivity contribution in [3.05, 3.63) is 12.2 Å². The Labute approximate surface area is 126 Å². The maximum Gasteiger partial charge on any atom is 0.336 e. The highest BCUT2D eigenvalue weighted by Crippen LogP contribution is 2.40. The van der Waals surface area contributed by atoms with Crippen molar-refractivity contribution in [2.75, 3.05) is 26.3 Å². The molecular weight excluding hydrogens is 270 g/mol. The van der Waals surface area contributed by atoms with Crippen LogP contribution in [-0.4, -0.2) is 59.0 Å². The molecule has 2 aliphatic rings. The van der Waals surface area contributed by atoms with Crippen molar-refractivity contribution in [3.8, 4) is 0 Å². The van der Waals surface area contributed by atoms with Crippen molar-refractivity contribution in [2.45, 2.75) is 50.7 Å². The van der Waals surface area contributed by atoms with Crippen molar-refractivity contribution in [1.29, 1.82) is 0 Å². The van der Waals surface area contributed by atoms with Crippen molar-refractivity contribution in [3.63, 3.8) is 0 Å². The molecule has 0 amide bonds. The summed E-state index contributed by atoms with van der Waals surface area (Å²) in [5.74, 6) is -1.29. The quantitative estimate of drug-likeness (QED) is 0.730. The summed E-state index contributed by atoms with van der Waals surface area (Å²) in [4.78, 5) is 14.0. The lowest BCUT2D eigenvalue weighted by Gasteiger charge is -2.40. The van der Waals surface area contributed by atoms with Gasteiger partial charge in [0.2, 0.25) is 0 Å². The Morgan fingerprint density at radius 1 is 1.33 bits per heavy atom. The van der Waals surface area contributed by atoms with Crippen molar-refractivity contribution < 1.29 is 19.7 Å². The summed E-state index contributed by atoms with van der Waals surface area (Å²) in [5, 5.41) is 20.4. The van der Waals surface area contributed by atoms with Crippen LogP contribution in [0.25, 0.3) is 0 Å². The predicted octanol–water partition coefficient (Wildman–Crippen LogP) is 1.66. The topological polar surface area (TPSA) is 70.0 Å². The number of carbonyl (C=O) groups is 1. The van der Waals surface area contributed by atoms with Crippen molar-refractivity contribution in [2.24, 2.45) is 5.92 Å². The smallest absolute Gasteiger partial charge is 0.336 e. The molecule has 2 N–H and O–H groups in total. The number of hydrogen-bond acceptors (Lipinski definition) is 4. The number of ether oxygens (including phenoxy) is 1. The van der Waals surface area contributed by atoms with E-state index < -0.39 is 11.6 Å². The fourth-order valence-electron chi connectivity index (χ4n) is 3.67. The average Bonchev–Trinajstić information content (AvgIpc) is 2.98. The number of morpholine rings is 1. The van der Waals surface area contributed by atoms with E-state index in [0.29, 0.717) is 13.2 Å². The molecule has 120 valence electrons. The molecule has 5 heteroatoms. The lowest BCUT2D eigenvalue weighted by molar-refractivity contribution is -0.167. The molecule has 2 rings (SSSR count). The second kappa shape index (κ2) is 7.38. The summed E-state index contributed by atoms with van der Waals surface area (Å²) in [5.41, 5.74) is -1.65. The molecule has 1 aliphatic heterocycles.